The summed E-state index contributed by atoms with van der Waals surface area (Å²) in [4.78, 5) is 52.7. The van der Waals surface area contributed by atoms with Crippen molar-refractivity contribution in [2.45, 2.75) is 32.6 Å². The lowest BCUT2D eigenvalue weighted by Gasteiger charge is -2.34. The molecule has 0 spiro atoms. The Hall–Kier alpha value is -3.36. The number of imide groups is 1. The van der Waals surface area contributed by atoms with Gasteiger partial charge in [-0.05, 0) is 30.2 Å². The van der Waals surface area contributed by atoms with E-state index in [2.05, 4.69) is 6.92 Å². The van der Waals surface area contributed by atoms with E-state index in [-0.39, 0.29) is 43.0 Å². The molecule has 0 aliphatic carbocycles. The van der Waals surface area contributed by atoms with E-state index in [0.29, 0.717) is 44.3 Å². The van der Waals surface area contributed by atoms with E-state index in [1.54, 1.807) is 23.0 Å². The van der Waals surface area contributed by atoms with Crippen molar-refractivity contribution in [3.63, 3.8) is 0 Å². The summed E-state index contributed by atoms with van der Waals surface area (Å²) < 4.78 is 11.1. The van der Waals surface area contributed by atoms with Crippen molar-refractivity contribution in [2.24, 2.45) is 0 Å². The minimum absolute atomic E-state index is 0.144. The number of piperazine rings is 1. The Balaban J connectivity index is 1.50. The first-order chi connectivity index (χ1) is 15.9. The lowest BCUT2D eigenvalue weighted by molar-refractivity contribution is -0.146. The molecule has 178 valence electrons. The monoisotopic (exact) mass is 457 g/mol. The highest BCUT2D eigenvalue weighted by molar-refractivity contribution is 6.04. The Bertz CT molecular complexity index is 905. The first-order valence-corrected chi connectivity index (χ1v) is 11.3. The maximum Gasteiger partial charge on any atom is 0.246 e. The molecule has 2 aliphatic rings. The Morgan fingerprint density at radius 3 is 2.30 bits per heavy atom. The zero-order valence-electron chi connectivity index (χ0n) is 19.2. The van der Waals surface area contributed by atoms with Gasteiger partial charge in [0.2, 0.25) is 23.6 Å². The maximum absolute atomic E-state index is 12.6. The molecule has 2 fully saturated rings. The summed E-state index contributed by atoms with van der Waals surface area (Å²) in [7, 11) is 1.58. The van der Waals surface area contributed by atoms with Crippen LogP contribution in [0.4, 0.5) is 0 Å². The van der Waals surface area contributed by atoms with Gasteiger partial charge in [-0.25, -0.2) is 0 Å². The van der Waals surface area contributed by atoms with E-state index in [4.69, 9.17) is 9.47 Å². The Labute approximate surface area is 193 Å². The zero-order valence-corrected chi connectivity index (χ0v) is 19.2. The number of methoxy groups -OCH3 is 1. The van der Waals surface area contributed by atoms with E-state index in [9.17, 15) is 19.2 Å². The van der Waals surface area contributed by atoms with Crippen LogP contribution >= 0.6 is 0 Å². The summed E-state index contributed by atoms with van der Waals surface area (Å²) in [6.45, 7) is 4.03. The van der Waals surface area contributed by atoms with Gasteiger partial charge in [0, 0.05) is 45.1 Å². The van der Waals surface area contributed by atoms with Crippen molar-refractivity contribution in [3.8, 4) is 11.5 Å². The number of benzene rings is 1. The van der Waals surface area contributed by atoms with E-state index < -0.39 is 0 Å². The summed E-state index contributed by atoms with van der Waals surface area (Å²) in [6, 6.07) is 5.52. The largest absolute Gasteiger partial charge is 0.493 e. The van der Waals surface area contributed by atoms with Gasteiger partial charge in [-0.2, -0.15) is 0 Å². The van der Waals surface area contributed by atoms with Gasteiger partial charge in [0.25, 0.3) is 0 Å². The second kappa shape index (κ2) is 11.5. The quantitative estimate of drug-likeness (QED) is 0.318. The lowest BCUT2D eigenvalue weighted by Crippen LogP contribution is -2.52. The van der Waals surface area contributed by atoms with Gasteiger partial charge < -0.3 is 19.3 Å². The van der Waals surface area contributed by atoms with Crippen LogP contribution in [0.2, 0.25) is 0 Å². The number of unbranched alkanes of at least 4 members (excludes halogenated alkanes) is 1. The van der Waals surface area contributed by atoms with Gasteiger partial charge in [0.05, 0.1) is 13.7 Å². The molecular weight excluding hydrogens is 426 g/mol. The van der Waals surface area contributed by atoms with Crippen molar-refractivity contribution in [1.82, 2.24) is 14.7 Å². The molecular formula is C24H31N3O6. The van der Waals surface area contributed by atoms with Crippen LogP contribution in [0.3, 0.4) is 0 Å². The number of carbonyl (C=O) groups is 4. The van der Waals surface area contributed by atoms with Gasteiger partial charge in [-0.1, -0.05) is 19.4 Å². The highest BCUT2D eigenvalue weighted by Gasteiger charge is 2.32. The van der Waals surface area contributed by atoms with Gasteiger partial charge in [0.15, 0.2) is 11.5 Å². The Morgan fingerprint density at radius 2 is 1.67 bits per heavy atom. The molecule has 1 aromatic carbocycles. The maximum atomic E-state index is 12.6. The first-order valence-electron chi connectivity index (χ1n) is 11.3. The number of rotatable bonds is 9. The minimum atomic E-state index is -0.301. The third kappa shape index (κ3) is 6.34. The molecule has 0 unspecified atom stereocenters. The molecule has 33 heavy (non-hydrogen) atoms. The van der Waals surface area contributed by atoms with Crippen LogP contribution in [0.5, 0.6) is 11.5 Å². The normalized spacial score (nSPS) is 16.6. The number of amides is 4. The van der Waals surface area contributed by atoms with Gasteiger partial charge in [-0.15, -0.1) is 0 Å². The van der Waals surface area contributed by atoms with Crippen LogP contribution in [-0.2, 0) is 19.2 Å². The second-order valence-electron chi connectivity index (χ2n) is 8.03. The molecule has 0 N–H and O–H groups in total. The van der Waals surface area contributed by atoms with Gasteiger partial charge in [-0.3, -0.25) is 24.1 Å². The number of hydrogen-bond acceptors (Lipinski definition) is 6. The molecule has 9 nitrogen and oxygen atoms in total. The number of carbonyl (C=O) groups excluding carboxylic acids is 4. The number of ether oxygens (including phenoxy) is 2. The molecule has 0 aromatic heterocycles. The van der Waals surface area contributed by atoms with Crippen molar-refractivity contribution >= 4 is 29.7 Å². The van der Waals surface area contributed by atoms with Crippen molar-refractivity contribution in [2.75, 3.05) is 46.4 Å². The molecule has 0 bridgehead atoms. The van der Waals surface area contributed by atoms with Gasteiger partial charge >= 0.3 is 0 Å². The van der Waals surface area contributed by atoms with Crippen molar-refractivity contribution in [3.05, 3.63) is 29.8 Å². The molecule has 0 atom stereocenters. The fraction of sp³-hybridized carbons (Fsp3) is 0.500. The fourth-order valence-corrected chi connectivity index (χ4v) is 3.72. The smallest absolute Gasteiger partial charge is 0.246 e. The highest BCUT2D eigenvalue weighted by Crippen LogP contribution is 2.28. The van der Waals surface area contributed by atoms with Crippen LogP contribution in [0.15, 0.2) is 24.3 Å². The van der Waals surface area contributed by atoms with E-state index >= 15 is 0 Å². The molecule has 1 aromatic rings. The third-order valence-corrected chi connectivity index (χ3v) is 5.75. The molecule has 0 saturated carbocycles. The SMILES string of the molecule is CCCCOc1ccc(/C=C/C(=O)N2CCN(C(=O)CN3C(=O)CCC3=O)CC2)cc1OC. The average Bonchev–Trinajstić information content (AvgIpc) is 3.15. The van der Waals surface area contributed by atoms with Crippen molar-refractivity contribution < 1.29 is 28.7 Å². The number of likely N-dealkylation sites (tertiary alicyclic amines) is 1. The fourth-order valence-electron chi connectivity index (χ4n) is 3.72. The Morgan fingerprint density at radius 1 is 1.00 bits per heavy atom. The summed E-state index contributed by atoms with van der Waals surface area (Å²) in [5, 5.41) is 0. The number of nitrogens with zero attached hydrogens (tertiary/aromatic N) is 3. The summed E-state index contributed by atoms with van der Waals surface area (Å²) in [5.74, 6) is 0.271. The molecule has 4 amide bonds. The third-order valence-electron chi connectivity index (χ3n) is 5.75. The zero-order chi connectivity index (χ0) is 23.8. The molecule has 3 rings (SSSR count). The predicted molar refractivity (Wildman–Crippen MR) is 122 cm³/mol. The first kappa shape index (κ1) is 24.3. The van der Waals surface area contributed by atoms with Crippen LogP contribution in [0, 0.1) is 0 Å². The molecule has 0 radical (unpaired) electrons. The van der Waals surface area contributed by atoms with E-state index in [0.717, 1.165) is 23.3 Å². The average molecular weight is 458 g/mol. The summed E-state index contributed by atoms with van der Waals surface area (Å²) in [6.07, 6.45) is 5.58. The molecule has 2 aliphatic heterocycles. The van der Waals surface area contributed by atoms with Crippen LogP contribution in [-0.4, -0.2) is 84.8 Å². The van der Waals surface area contributed by atoms with E-state index in [1.165, 1.54) is 6.08 Å². The van der Waals surface area contributed by atoms with Crippen molar-refractivity contribution in [1.29, 1.82) is 0 Å². The second-order valence-corrected chi connectivity index (χ2v) is 8.03. The topological polar surface area (TPSA) is 96.5 Å². The van der Waals surface area contributed by atoms with Crippen LogP contribution < -0.4 is 9.47 Å². The molecule has 9 heteroatoms. The van der Waals surface area contributed by atoms with Gasteiger partial charge in [0.1, 0.15) is 6.54 Å². The minimum Gasteiger partial charge on any atom is -0.493 e. The summed E-state index contributed by atoms with van der Waals surface area (Å²) >= 11 is 0. The summed E-state index contributed by atoms with van der Waals surface area (Å²) in [5.41, 5.74) is 0.816. The van der Waals surface area contributed by atoms with Crippen LogP contribution in [0.25, 0.3) is 6.08 Å². The predicted octanol–water partition coefficient (Wildman–Crippen LogP) is 1.71. The van der Waals surface area contributed by atoms with E-state index in [1.807, 2.05) is 18.2 Å². The standard InChI is InChI=1S/C24H31N3O6/c1-3-4-15-33-19-7-5-18(16-20(19)32-2)6-8-21(28)25-11-13-26(14-12-25)24(31)17-27-22(29)9-10-23(27)30/h5-8,16H,3-4,9-15,17H2,1-2H3/b8-6+. The molecule has 2 saturated heterocycles. The highest BCUT2D eigenvalue weighted by atomic mass is 16.5. The Kier molecular flexibility index (Phi) is 8.46. The number of hydrogen-bond donors (Lipinski definition) is 0. The van der Waals surface area contributed by atoms with Crippen LogP contribution in [0.1, 0.15) is 38.2 Å². The lowest BCUT2D eigenvalue weighted by atomic mass is 10.1. The molecule has 2 heterocycles.